The molecule has 0 radical (unpaired) electrons. The van der Waals surface area contributed by atoms with Crippen LogP contribution in [0.25, 0.3) is 0 Å². The van der Waals surface area contributed by atoms with E-state index in [-0.39, 0.29) is 5.97 Å². The summed E-state index contributed by atoms with van der Waals surface area (Å²) in [6, 6.07) is 0. The Morgan fingerprint density at radius 1 is 1.56 bits per heavy atom. The third kappa shape index (κ3) is 4.18. The molecule has 92 valence electrons. The number of rotatable bonds is 7. The average molecular weight is 243 g/mol. The first-order valence-electron chi connectivity index (χ1n) is 5.81. The molecule has 0 spiro atoms. The lowest BCUT2D eigenvalue weighted by Crippen LogP contribution is -2.43. The Labute approximate surface area is 102 Å². The summed E-state index contributed by atoms with van der Waals surface area (Å²) in [5.74, 6) is -0.257. The van der Waals surface area contributed by atoms with Crippen LogP contribution in [0, 0.1) is 0 Å². The number of thioether (sulfide) groups is 1. The van der Waals surface area contributed by atoms with Crippen LogP contribution in [-0.2, 0) is 9.53 Å². The van der Waals surface area contributed by atoms with Crippen molar-refractivity contribution in [1.82, 2.24) is 5.32 Å². The molecule has 0 bridgehead atoms. The van der Waals surface area contributed by atoms with Gasteiger partial charge < -0.3 is 10.1 Å². The van der Waals surface area contributed by atoms with E-state index in [1.54, 1.807) is 0 Å². The summed E-state index contributed by atoms with van der Waals surface area (Å²) >= 11 is 1.95. The average Bonchev–Trinajstić information content (AvgIpc) is 2.21. The SMILES string of the molecule is CCOC(=O)/C=C/CNCC1(SC)CCC1. The standard InChI is InChI=1S/C12H21NO2S/c1-3-15-11(14)6-4-9-13-10-12(16-2)7-5-8-12/h4,6,13H,3,5,7-10H2,1-2H3/b6-4+. The fourth-order valence-electron chi connectivity index (χ4n) is 1.75. The van der Waals surface area contributed by atoms with E-state index in [1.165, 1.54) is 25.3 Å². The van der Waals surface area contributed by atoms with Crippen LogP contribution in [0.5, 0.6) is 0 Å². The van der Waals surface area contributed by atoms with Gasteiger partial charge in [-0.2, -0.15) is 11.8 Å². The predicted octanol–water partition coefficient (Wildman–Crippen LogP) is 1.98. The Kier molecular flexibility index (Phi) is 5.91. The minimum atomic E-state index is -0.257. The number of carbonyl (C=O) groups is 1. The monoisotopic (exact) mass is 243 g/mol. The lowest BCUT2D eigenvalue weighted by Gasteiger charge is -2.40. The summed E-state index contributed by atoms with van der Waals surface area (Å²) < 4.78 is 5.24. The van der Waals surface area contributed by atoms with Crippen LogP contribution >= 0.6 is 11.8 Å². The quantitative estimate of drug-likeness (QED) is 0.421. The molecule has 0 saturated heterocycles. The fourth-order valence-corrected chi connectivity index (χ4v) is 2.70. The van der Waals surface area contributed by atoms with E-state index in [0.29, 0.717) is 11.4 Å². The van der Waals surface area contributed by atoms with E-state index in [1.807, 2.05) is 24.8 Å². The molecule has 0 amide bonds. The van der Waals surface area contributed by atoms with Gasteiger partial charge in [-0.1, -0.05) is 12.5 Å². The summed E-state index contributed by atoms with van der Waals surface area (Å²) in [6.07, 6.45) is 9.45. The number of nitrogens with one attached hydrogen (secondary N) is 1. The van der Waals surface area contributed by atoms with Crippen molar-refractivity contribution in [2.24, 2.45) is 0 Å². The normalized spacial score (nSPS) is 18.4. The van der Waals surface area contributed by atoms with Crippen LogP contribution in [0.1, 0.15) is 26.2 Å². The van der Waals surface area contributed by atoms with Crippen molar-refractivity contribution in [1.29, 1.82) is 0 Å². The van der Waals surface area contributed by atoms with Gasteiger partial charge in [0.1, 0.15) is 0 Å². The molecule has 0 atom stereocenters. The molecule has 1 N–H and O–H groups in total. The van der Waals surface area contributed by atoms with Gasteiger partial charge in [0.15, 0.2) is 0 Å². The van der Waals surface area contributed by atoms with E-state index in [0.717, 1.165) is 13.1 Å². The van der Waals surface area contributed by atoms with Gasteiger partial charge in [-0.3, -0.25) is 0 Å². The molecule has 1 rings (SSSR count). The minimum absolute atomic E-state index is 0.257. The Morgan fingerprint density at radius 2 is 2.31 bits per heavy atom. The molecule has 0 aromatic carbocycles. The summed E-state index contributed by atoms with van der Waals surface area (Å²) in [5, 5.41) is 3.36. The maximum atomic E-state index is 11.0. The Balaban J connectivity index is 2.09. The topological polar surface area (TPSA) is 38.3 Å². The van der Waals surface area contributed by atoms with Gasteiger partial charge in [0.2, 0.25) is 0 Å². The van der Waals surface area contributed by atoms with Gasteiger partial charge in [-0.15, -0.1) is 0 Å². The number of ether oxygens (including phenoxy) is 1. The van der Waals surface area contributed by atoms with Crippen LogP contribution in [0.3, 0.4) is 0 Å². The molecule has 3 nitrogen and oxygen atoms in total. The highest BCUT2D eigenvalue weighted by Crippen LogP contribution is 2.41. The maximum absolute atomic E-state index is 11.0. The molecular formula is C12H21NO2S. The number of hydrogen-bond acceptors (Lipinski definition) is 4. The Hall–Kier alpha value is -0.480. The van der Waals surface area contributed by atoms with Gasteiger partial charge in [0, 0.05) is 23.9 Å². The number of carbonyl (C=O) groups excluding carboxylic acids is 1. The molecule has 16 heavy (non-hydrogen) atoms. The van der Waals surface area contributed by atoms with Crippen LogP contribution in [0.4, 0.5) is 0 Å². The van der Waals surface area contributed by atoms with Crippen molar-refractivity contribution in [3.8, 4) is 0 Å². The van der Waals surface area contributed by atoms with Crippen LogP contribution in [-0.4, -0.2) is 36.7 Å². The lowest BCUT2D eigenvalue weighted by molar-refractivity contribution is -0.137. The van der Waals surface area contributed by atoms with Crippen LogP contribution < -0.4 is 5.32 Å². The molecule has 1 fully saturated rings. The molecule has 1 aliphatic rings. The second-order valence-electron chi connectivity index (χ2n) is 4.03. The molecule has 0 aliphatic heterocycles. The van der Waals surface area contributed by atoms with Crippen molar-refractivity contribution in [2.45, 2.75) is 30.9 Å². The number of hydrogen-bond donors (Lipinski definition) is 1. The first-order valence-corrected chi connectivity index (χ1v) is 7.04. The van der Waals surface area contributed by atoms with Gasteiger partial charge in [-0.05, 0) is 26.0 Å². The predicted molar refractivity (Wildman–Crippen MR) is 68.7 cm³/mol. The minimum Gasteiger partial charge on any atom is -0.463 e. The van der Waals surface area contributed by atoms with Gasteiger partial charge in [-0.25, -0.2) is 4.79 Å². The second-order valence-corrected chi connectivity index (χ2v) is 5.30. The van der Waals surface area contributed by atoms with Crippen LogP contribution in [0.15, 0.2) is 12.2 Å². The molecule has 0 aromatic rings. The smallest absolute Gasteiger partial charge is 0.330 e. The molecule has 4 heteroatoms. The van der Waals surface area contributed by atoms with E-state index < -0.39 is 0 Å². The fraction of sp³-hybridized carbons (Fsp3) is 0.750. The Bertz CT molecular complexity index is 244. The third-order valence-corrected chi connectivity index (χ3v) is 4.37. The summed E-state index contributed by atoms with van der Waals surface area (Å²) in [7, 11) is 0. The van der Waals surface area contributed by atoms with Gasteiger partial charge in [0.25, 0.3) is 0 Å². The van der Waals surface area contributed by atoms with E-state index in [4.69, 9.17) is 4.74 Å². The highest BCUT2D eigenvalue weighted by Gasteiger charge is 2.35. The summed E-state index contributed by atoms with van der Waals surface area (Å²) in [4.78, 5) is 11.0. The van der Waals surface area contributed by atoms with Gasteiger partial charge in [0.05, 0.1) is 6.61 Å². The zero-order valence-electron chi connectivity index (χ0n) is 10.1. The van der Waals surface area contributed by atoms with E-state index >= 15 is 0 Å². The van der Waals surface area contributed by atoms with E-state index in [2.05, 4.69) is 11.6 Å². The van der Waals surface area contributed by atoms with Crippen molar-refractivity contribution in [3.63, 3.8) is 0 Å². The maximum Gasteiger partial charge on any atom is 0.330 e. The van der Waals surface area contributed by atoms with Crippen molar-refractivity contribution in [3.05, 3.63) is 12.2 Å². The molecule has 0 unspecified atom stereocenters. The first-order chi connectivity index (χ1) is 7.72. The van der Waals surface area contributed by atoms with Gasteiger partial charge >= 0.3 is 5.97 Å². The molecule has 1 saturated carbocycles. The molecule has 0 heterocycles. The van der Waals surface area contributed by atoms with E-state index in [9.17, 15) is 4.79 Å². The lowest BCUT2D eigenvalue weighted by atomic mass is 9.84. The molecule has 0 aromatic heterocycles. The Morgan fingerprint density at radius 3 is 2.81 bits per heavy atom. The zero-order chi connectivity index (χ0) is 11.9. The van der Waals surface area contributed by atoms with Crippen molar-refractivity contribution >= 4 is 17.7 Å². The third-order valence-electron chi connectivity index (χ3n) is 2.95. The van der Waals surface area contributed by atoms with Crippen molar-refractivity contribution < 1.29 is 9.53 Å². The first kappa shape index (κ1) is 13.6. The summed E-state index contributed by atoms with van der Waals surface area (Å²) in [5.41, 5.74) is 0. The summed E-state index contributed by atoms with van der Waals surface area (Å²) in [6.45, 7) is 4.01. The second kappa shape index (κ2) is 6.97. The zero-order valence-corrected chi connectivity index (χ0v) is 10.9. The largest absolute Gasteiger partial charge is 0.463 e. The molecular weight excluding hydrogens is 222 g/mol. The highest BCUT2D eigenvalue weighted by molar-refractivity contribution is 8.00. The van der Waals surface area contributed by atoms with Crippen molar-refractivity contribution in [2.75, 3.05) is 26.0 Å². The number of esters is 1. The van der Waals surface area contributed by atoms with Crippen LogP contribution in [0.2, 0.25) is 0 Å². The highest BCUT2D eigenvalue weighted by atomic mass is 32.2. The molecule has 1 aliphatic carbocycles.